The Bertz CT molecular complexity index is 969. The van der Waals surface area contributed by atoms with E-state index in [1.807, 2.05) is 19.2 Å². The fourth-order valence-corrected chi connectivity index (χ4v) is 3.48. The molecule has 0 saturated carbocycles. The maximum absolute atomic E-state index is 11.8. The summed E-state index contributed by atoms with van der Waals surface area (Å²) in [5.74, 6) is 0.632. The Morgan fingerprint density at radius 1 is 1.46 bits per heavy atom. The van der Waals surface area contributed by atoms with E-state index in [2.05, 4.69) is 16.0 Å². The van der Waals surface area contributed by atoms with E-state index in [0.29, 0.717) is 21.9 Å². The molecule has 0 aliphatic heterocycles. The quantitative estimate of drug-likeness (QED) is 0.556. The van der Waals surface area contributed by atoms with Crippen LogP contribution in [-0.2, 0) is 0 Å². The van der Waals surface area contributed by atoms with Crippen molar-refractivity contribution in [1.82, 2.24) is 9.97 Å². The predicted molar refractivity (Wildman–Crippen MR) is 93.6 cm³/mol. The van der Waals surface area contributed by atoms with Gasteiger partial charge in [0.05, 0.1) is 23.2 Å². The fourth-order valence-electron chi connectivity index (χ4n) is 2.70. The largest absolute Gasteiger partial charge is 0.465 e. The van der Waals surface area contributed by atoms with E-state index in [4.69, 9.17) is 4.42 Å². The number of ketones is 1. The number of hydrogen-bond donors (Lipinski definition) is 1. The summed E-state index contributed by atoms with van der Waals surface area (Å²) < 4.78 is 5.25. The Morgan fingerprint density at radius 3 is 2.83 bits per heavy atom. The molecule has 3 aromatic heterocycles. The molecule has 3 heterocycles. The molecule has 5 nitrogen and oxygen atoms in total. The molecular formula is C18H15N3O2S. The smallest absolute Gasteiger partial charge is 0.161 e. The number of thiazole rings is 1. The minimum atomic E-state index is 0.0263. The molecule has 0 aliphatic rings. The van der Waals surface area contributed by atoms with Gasteiger partial charge in [0.1, 0.15) is 16.8 Å². The summed E-state index contributed by atoms with van der Waals surface area (Å²) >= 11 is 1.38. The molecule has 3 rings (SSSR count). The van der Waals surface area contributed by atoms with Gasteiger partial charge in [-0.15, -0.1) is 11.3 Å². The Hall–Kier alpha value is -2.91. The molecule has 3 aromatic rings. The van der Waals surface area contributed by atoms with Crippen molar-refractivity contribution in [3.63, 3.8) is 0 Å². The van der Waals surface area contributed by atoms with Crippen molar-refractivity contribution < 1.29 is 9.21 Å². The van der Waals surface area contributed by atoms with Crippen molar-refractivity contribution in [1.29, 1.82) is 5.26 Å². The van der Waals surface area contributed by atoms with Crippen LogP contribution in [0.15, 0.2) is 28.2 Å². The first kappa shape index (κ1) is 16.0. The SMILES string of the molecule is CC(=O)c1c(C)[nH]c(-c2csc(/C(C#N)=C/c3ccco3)n2)c1C. The Kier molecular flexibility index (Phi) is 4.19. The third kappa shape index (κ3) is 2.82. The van der Waals surface area contributed by atoms with Gasteiger partial charge in [0.25, 0.3) is 0 Å². The third-order valence-corrected chi connectivity index (χ3v) is 4.61. The summed E-state index contributed by atoms with van der Waals surface area (Å²) in [5, 5.41) is 11.9. The molecule has 0 atom stereocenters. The Morgan fingerprint density at radius 2 is 2.25 bits per heavy atom. The summed E-state index contributed by atoms with van der Waals surface area (Å²) in [6, 6.07) is 5.70. The molecule has 24 heavy (non-hydrogen) atoms. The number of furan rings is 1. The maximum Gasteiger partial charge on any atom is 0.161 e. The zero-order valence-electron chi connectivity index (χ0n) is 13.5. The molecule has 0 saturated heterocycles. The van der Waals surface area contributed by atoms with Crippen LogP contribution in [-0.4, -0.2) is 15.8 Å². The van der Waals surface area contributed by atoms with Crippen LogP contribution in [0.25, 0.3) is 23.0 Å². The lowest BCUT2D eigenvalue weighted by Gasteiger charge is -1.97. The van der Waals surface area contributed by atoms with Crippen molar-refractivity contribution >= 4 is 28.8 Å². The molecule has 0 radical (unpaired) electrons. The minimum absolute atomic E-state index is 0.0263. The number of aryl methyl sites for hydroxylation is 1. The first-order valence-electron chi connectivity index (χ1n) is 7.33. The second kappa shape index (κ2) is 6.30. The van der Waals surface area contributed by atoms with E-state index in [1.165, 1.54) is 11.3 Å². The average Bonchev–Trinajstić information content (AvgIpc) is 3.25. The van der Waals surface area contributed by atoms with Crippen LogP contribution in [0.1, 0.15) is 39.3 Å². The second-order valence-corrected chi connectivity index (χ2v) is 6.26. The molecule has 0 bridgehead atoms. The summed E-state index contributed by atoms with van der Waals surface area (Å²) in [5.41, 5.74) is 4.39. The number of hydrogen-bond acceptors (Lipinski definition) is 5. The molecule has 120 valence electrons. The zero-order chi connectivity index (χ0) is 17.3. The van der Waals surface area contributed by atoms with Gasteiger partial charge in [-0.3, -0.25) is 4.79 Å². The van der Waals surface area contributed by atoms with E-state index in [9.17, 15) is 10.1 Å². The highest BCUT2D eigenvalue weighted by Crippen LogP contribution is 2.31. The van der Waals surface area contributed by atoms with Gasteiger partial charge < -0.3 is 9.40 Å². The number of aromatic amines is 1. The second-order valence-electron chi connectivity index (χ2n) is 5.40. The van der Waals surface area contributed by atoms with E-state index >= 15 is 0 Å². The van der Waals surface area contributed by atoms with Crippen molar-refractivity contribution in [2.75, 3.05) is 0 Å². The molecule has 0 aliphatic carbocycles. The van der Waals surface area contributed by atoms with Crippen molar-refractivity contribution in [3.8, 4) is 17.5 Å². The number of H-pyrrole nitrogens is 1. The van der Waals surface area contributed by atoms with Crippen LogP contribution in [0.5, 0.6) is 0 Å². The van der Waals surface area contributed by atoms with Crippen LogP contribution in [0.3, 0.4) is 0 Å². The minimum Gasteiger partial charge on any atom is -0.465 e. The van der Waals surface area contributed by atoms with Crippen molar-refractivity contribution in [2.24, 2.45) is 0 Å². The number of carbonyl (C=O) groups excluding carboxylic acids is 1. The van der Waals surface area contributed by atoms with Crippen LogP contribution >= 0.6 is 11.3 Å². The van der Waals surface area contributed by atoms with Crippen LogP contribution in [0.2, 0.25) is 0 Å². The number of allylic oxidation sites excluding steroid dienone is 1. The molecule has 0 fully saturated rings. The first-order chi connectivity index (χ1) is 11.5. The number of nitrogens with one attached hydrogen (secondary N) is 1. The van der Waals surface area contributed by atoms with E-state index < -0.39 is 0 Å². The van der Waals surface area contributed by atoms with E-state index in [0.717, 1.165) is 22.6 Å². The number of rotatable bonds is 4. The van der Waals surface area contributed by atoms with Gasteiger partial charge >= 0.3 is 0 Å². The van der Waals surface area contributed by atoms with Crippen LogP contribution in [0.4, 0.5) is 0 Å². The van der Waals surface area contributed by atoms with E-state index in [-0.39, 0.29) is 5.78 Å². The Balaban J connectivity index is 2.01. The topological polar surface area (TPSA) is 82.7 Å². The number of Topliss-reactive ketones (excluding diaryl/α,β-unsaturated/α-hetero) is 1. The van der Waals surface area contributed by atoms with Gasteiger partial charge in [-0.1, -0.05) is 0 Å². The molecular weight excluding hydrogens is 322 g/mol. The first-order valence-corrected chi connectivity index (χ1v) is 8.21. The van der Waals surface area contributed by atoms with Gasteiger partial charge in [-0.05, 0) is 38.5 Å². The average molecular weight is 337 g/mol. The Labute approximate surface area is 143 Å². The number of nitrogens with zero attached hydrogens (tertiary/aromatic N) is 2. The van der Waals surface area contributed by atoms with Gasteiger partial charge in [0, 0.05) is 22.7 Å². The molecule has 0 amide bonds. The monoisotopic (exact) mass is 337 g/mol. The predicted octanol–water partition coefficient (Wildman–Crippen LogP) is 4.61. The molecule has 0 aromatic carbocycles. The van der Waals surface area contributed by atoms with Gasteiger partial charge in [-0.2, -0.15) is 5.26 Å². The van der Waals surface area contributed by atoms with E-state index in [1.54, 1.807) is 31.4 Å². The highest BCUT2D eigenvalue weighted by molar-refractivity contribution is 7.11. The lowest BCUT2D eigenvalue weighted by Crippen LogP contribution is -1.94. The zero-order valence-corrected chi connectivity index (χ0v) is 14.3. The highest BCUT2D eigenvalue weighted by Gasteiger charge is 2.18. The van der Waals surface area contributed by atoms with Crippen molar-refractivity contribution in [2.45, 2.75) is 20.8 Å². The summed E-state index contributed by atoms with van der Waals surface area (Å²) in [4.78, 5) is 19.5. The molecule has 6 heteroatoms. The molecule has 0 unspecified atom stereocenters. The van der Waals surface area contributed by atoms with Gasteiger partial charge in [0.2, 0.25) is 0 Å². The normalized spacial score (nSPS) is 11.5. The lowest BCUT2D eigenvalue weighted by atomic mass is 10.1. The van der Waals surface area contributed by atoms with Gasteiger partial charge in [-0.25, -0.2) is 4.98 Å². The van der Waals surface area contributed by atoms with Crippen molar-refractivity contribution in [3.05, 3.63) is 51.4 Å². The summed E-state index contributed by atoms with van der Waals surface area (Å²) in [7, 11) is 0. The third-order valence-electron chi connectivity index (χ3n) is 3.73. The van der Waals surface area contributed by atoms with Gasteiger partial charge in [0.15, 0.2) is 5.78 Å². The lowest BCUT2D eigenvalue weighted by molar-refractivity contribution is 0.101. The number of nitriles is 1. The molecule has 0 spiro atoms. The number of carbonyl (C=O) groups is 1. The fraction of sp³-hybridized carbons (Fsp3) is 0.167. The highest BCUT2D eigenvalue weighted by atomic mass is 32.1. The number of aromatic nitrogens is 2. The summed E-state index contributed by atoms with van der Waals surface area (Å²) in [6.07, 6.45) is 3.22. The summed E-state index contributed by atoms with van der Waals surface area (Å²) in [6.45, 7) is 5.33. The molecule has 1 N–H and O–H groups in total. The maximum atomic E-state index is 11.8. The van der Waals surface area contributed by atoms with Crippen LogP contribution in [0, 0.1) is 25.2 Å². The van der Waals surface area contributed by atoms with Crippen LogP contribution < -0.4 is 0 Å². The standard InChI is InChI=1S/C18H15N3O2S/c1-10-16(12(3)22)11(2)20-17(10)15-9-24-18(21-15)13(8-19)7-14-5-4-6-23-14/h4-7,9,20H,1-3H3/b13-7+.